The third-order valence-corrected chi connectivity index (χ3v) is 4.07. The summed E-state index contributed by atoms with van der Waals surface area (Å²) in [5, 5.41) is 8.52. The Morgan fingerprint density at radius 2 is 1.86 bits per heavy atom. The fourth-order valence-corrected chi connectivity index (χ4v) is 2.72. The number of nitrogens with zero attached hydrogens (tertiary/aromatic N) is 1. The zero-order chi connectivity index (χ0) is 16.3. The van der Waals surface area contributed by atoms with Gasteiger partial charge in [0.25, 0.3) is 10.1 Å². The normalized spacial score (nSPS) is 10.8. The van der Waals surface area contributed by atoms with Gasteiger partial charge in [-0.2, -0.15) is 13.7 Å². The molecule has 2 aromatic carbocycles. The van der Waals surface area contributed by atoms with Crippen LogP contribution in [0.4, 0.5) is 0 Å². The Hall–Kier alpha value is -2.40. The lowest BCUT2D eigenvalue weighted by molar-refractivity contribution is 0.0734. The van der Waals surface area contributed by atoms with Gasteiger partial charge in [0.15, 0.2) is 5.75 Å². The molecule has 0 saturated heterocycles. The van der Waals surface area contributed by atoms with E-state index in [9.17, 15) is 13.2 Å². The van der Waals surface area contributed by atoms with Crippen molar-refractivity contribution in [3.8, 4) is 11.8 Å². The van der Waals surface area contributed by atoms with E-state index in [-0.39, 0.29) is 16.9 Å². The number of benzene rings is 2. The second kappa shape index (κ2) is 6.15. The number of esters is 1. The fourth-order valence-electron chi connectivity index (χ4n) is 1.68. The van der Waals surface area contributed by atoms with Gasteiger partial charge in [0.1, 0.15) is 16.0 Å². The van der Waals surface area contributed by atoms with Crippen LogP contribution in [-0.4, -0.2) is 18.9 Å². The Bertz CT molecular complexity index is 886. The SMILES string of the molecule is N#Cc1ccccc1C(=O)Oc1cccc(S(=O)(=O)O)c1Cl. The van der Waals surface area contributed by atoms with Crippen molar-refractivity contribution >= 4 is 27.7 Å². The molecule has 0 bridgehead atoms. The molecule has 0 radical (unpaired) electrons. The summed E-state index contributed by atoms with van der Waals surface area (Å²) in [6, 6.07) is 11.4. The molecule has 0 unspecified atom stereocenters. The first kappa shape index (κ1) is 16.0. The van der Waals surface area contributed by atoms with Crippen molar-refractivity contribution in [1.29, 1.82) is 5.26 Å². The molecule has 0 amide bonds. The Balaban J connectivity index is 2.40. The Kier molecular flexibility index (Phi) is 4.47. The molecule has 0 aliphatic rings. The number of hydrogen-bond acceptors (Lipinski definition) is 5. The minimum atomic E-state index is -4.54. The van der Waals surface area contributed by atoms with Crippen LogP contribution in [-0.2, 0) is 10.1 Å². The lowest BCUT2D eigenvalue weighted by Gasteiger charge is -2.09. The molecule has 2 rings (SSSR count). The smallest absolute Gasteiger partial charge is 0.344 e. The van der Waals surface area contributed by atoms with Crippen LogP contribution in [0.15, 0.2) is 47.4 Å². The monoisotopic (exact) mass is 337 g/mol. The lowest BCUT2D eigenvalue weighted by Crippen LogP contribution is -2.11. The summed E-state index contributed by atoms with van der Waals surface area (Å²) in [5.41, 5.74) is 0.118. The van der Waals surface area contributed by atoms with Crippen molar-refractivity contribution in [2.24, 2.45) is 0 Å². The number of ether oxygens (including phenoxy) is 1. The second-order valence-electron chi connectivity index (χ2n) is 4.09. The highest BCUT2D eigenvalue weighted by molar-refractivity contribution is 7.86. The van der Waals surface area contributed by atoms with Crippen molar-refractivity contribution in [2.45, 2.75) is 4.90 Å². The maximum absolute atomic E-state index is 12.1. The molecule has 6 nitrogen and oxygen atoms in total. The standard InChI is InChI=1S/C14H8ClNO5S/c15-13-11(6-3-7-12(13)22(18,19)20)21-14(17)10-5-2-1-4-9(10)8-16/h1-7H,(H,18,19,20). The van der Waals surface area contributed by atoms with Crippen LogP contribution in [0.3, 0.4) is 0 Å². The highest BCUT2D eigenvalue weighted by Gasteiger charge is 2.20. The highest BCUT2D eigenvalue weighted by Crippen LogP contribution is 2.31. The van der Waals surface area contributed by atoms with E-state index in [1.807, 2.05) is 6.07 Å². The highest BCUT2D eigenvalue weighted by atomic mass is 35.5. The van der Waals surface area contributed by atoms with Crippen molar-refractivity contribution in [3.05, 3.63) is 58.6 Å². The zero-order valence-electron chi connectivity index (χ0n) is 10.9. The molecule has 0 aliphatic heterocycles. The molecular weight excluding hydrogens is 330 g/mol. The zero-order valence-corrected chi connectivity index (χ0v) is 12.4. The summed E-state index contributed by atoms with van der Waals surface area (Å²) in [6.07, 6.45) is 0. The number of carbonyl (C=O) groups excluding carboxylic acids is 1. The molecule has 0 fully saturated rings. The summed E-state index contributed by atoms with van der Waals surface area (Å²) in [7, 11) is -4.54. The molecule has 0 aliphatic carbocycles. The van der Waals surface area contributed by atoms with Gasteiger partial charge in [-0.1, -0.05) is 29.8 Å². The van der Waals surface area contributed by atoms with E-state index in [1.165, 1.54) is 24.3 Å². The maximum atomic E-state index is 12.1. The van der Waals surface area contributed by atoms with Gasteiger partial charge in [0, 0.05) is 0 Å². The van der Waals surface area contributed by atoms with E-state index in [0.717, 1.165) is 6.07 Å². The van der Waals surface area contributed by atoms with Crippen LogP contribution in [0.25, 0.3) is 0 Å². The number of halogens is 1. The molecule has 2 aromatic rings. The summed E-state index contributed by atoms with van der Waals surface area (Å²) in [5.74, 6) is -1.11. The molecule has 8 heteroatoms. The minimum Gasteiger partial charge on any atom is -0.421 e. The Morgan fingerprint density at radius 3 is 2.50 bits per heavy atom. The molecule has 1 N–H and O–H groups in total. The molecule has 22 heavy (non-hydrogen) atoms. The van der Waals surface area contributed by atoms with Crippen LogP contribution in [0.2, 0.25) is 5.02 Å². The van der Waals surface area contributed by atoms with Crippen LogP contribution in [0.5, 0.6) is 5.75 Å². The van der Waals surface area contributed by atoms with Crippen LogP contribution < -0.4 is 4.74 Å². The predicted octanol–water partition coefficient (Wildman–Crippen LogP) is 2.68. The van der Waals surface area contributed by atoms with Crippen LogP contribution >= 0.6 is 11.6 Å². The maximum Gasteiger partial charge on any atom is 0.344 e. The fraction of sp³-hybridized carbons (Fsp3) is 0. The first-order valence-corrected chi connectivity index (χ1v) is 7.63. The van der Waals surface area contributed by atoms with Crippen molar-refractivity contribution in [1.82, 2.24) is 0 Å². The third kappa shape index (κ3) is 3.26. The van der Waals surface area contributed by atoms with E-state index in [4.69, 9.17) is 26.2 Å². The number of hydrogen-bond donors (Lipinski definition) is 1. The molecule has 0 atom stereocenters. The van der Waals surface area contributed by atoms with E-state index in [2.05, 4.69) is 0 Å². The van der Waals surface area contributed by atoms with E-state index >= 15 is 0 Å². The molecule has 0 aromatic heterocycles. The minimum absolute atomic E-state index is 0.0123. The van der Waals surface area contributed by atoms with Crippen molar-refractivity contribution < 1.29 is 22.5 Å². The summed E-state index contributed by atoms with van der Waals surface area (Å²) in [4.78, 5) is 11.5. The largest absolute Gasteiger partial charge is 0.421 e. The van der Waals surface area contributed by atoms with Gasteiger partial charge in [-0.25, -0.2) is 4.79 Å². The van der Waals surface area contributed by atoms with Gasteiger partial charge in [0.2, 0.25) is 0 Å². The first-order chi connectivity index (χ1) is 10.3. The quantitative estimate of drug-likeness (QED) is 0.524. The van der Waals surface area contributed by atoms with Gasteiger partial charge < -0.3 is 4.74 Å². The lowest BCUT2D eigenvalue weighted by atomic mass is 10.1. The van der Waals surface area contributed by atoms with Gasteiger partial charge in [-0.15, -0.1) is 0 Å². The molecule has 0 saturated carbocycles. The van der Waals surface area contributed by atoms with Gasteiger partial charge in [0.05, 0.1) is 11.1 Å². The van der Waals surface area contributed by atoms with Crippen LogP contribution in [0.1, 0.15) is 15.9 Å². The van der Waals surface area contributed by atoms with E-state index < -0.39 is 26.0 Å². The summed E-state index contributed by atoms with van der Waals surface area (Å²) < 4.78 is 36.3. The Labute approximate surface area is 131 Å². The number of nitriles is 1. The molecule has 0 spiro atoms. The summed E-state index contributed by atoms with van der Waals surface area (Å²) >= 11 is 5.82. The molecule has 0 heterocycles. The number of carbonyl (C=O) groups is 1. The molecule has 112 valence electrons. The average molecular weight is 338 g/mol. The third-order valence-electron chi connectivity index (χ3n) is 2.68. The summed E-state index contributed by atoms with van der Waals surface area (Å²) in [6.45, 7) is 0. The van der Waals surface area contributed by atoms with Crippen LogP contribution in [0, 0.1) is 11.3 Å². The predicted molar refractivity (Wildman–Crippen MR) is 77.4 cm³/mol. The second-order valence-corrected chi connectivity index (χ2v) is 5.86. The van der Waals surface area contributed by atoms with Gasteiger partial charge >= 0.3 is 5.97 Å². The van der Waals surface area contributed by atoms with E-state index in [0.29, 0.717) is 0 Å². The average Bonchev–Trinajstić information content (AvgIpc) is 2.48. The van der Waals surface area contributed by atoms with Crippen molar-refractivity contribution in [3.63, 3.8) is 0 Å². The van der Waals surface area contributed by atoms with Crippen molar-refractivity contribution in [2.75, 3.05) is 0 Å². The van der Waals surface area contributed by atoms with Gasteiger partial charge in [-0.3, -0.25) is 4.55 Å². The number of rotatable bonds is 3. The topological polar surface area (TPSA) is 104 Å². The first-order valence-electron chi connectivity index (χ1n) is 5.82. The Morgan fingerprint density at radius 1 is 1.18 bits per heavy atom. The molecular formula is C14H8ClNO5S. The van der Waals surface area contributed by atoms with Gasteiger partial charge in [-0.05, 0) is 24.3 Å². The van der Waals surface area contributed by atoms with E-state index in [1.54, 1.807) is 12.1 Å².